The molecule has 1 aliphatic rings. The summed E-state index contributed by atoms with van der Waals surface area (Å²) in [6.45, 7) is 0.798. The summed E-state index contributed by atoms with van der Waals surface area (Å²) in [6, 6.07) is 15.4. The van der Waals surface area contributed by atoms with Crippen molar-refractivity contribution >= 4 is 51.1 Å². The average molecular weight is 448 g/mol. The lowest BCUT2D eigenvalue weighted by Gasteiger charge is -2.13. The molecule has 0 atom stereocenters. The number of carbonyl (C=O) groups is 2. The van der Waals surface area contributed by atoms with Crippen LogP contribution in [-0.2, 0) is 11.2 Å². The van der Waals surface area contributed by atoms with Crippen LogP contribution in [0.25, 0.3) is 10.8 Å². The molecule has 8 nitrogen and oxygen atoms in total. The van der Waals surface area contributed by atoms with E-state index in [1.54, 1.807) is 66.4 Å². The maximum atomic E-state index is 12.8. The van der Waals surface area contributed by atoms with E-state index < -0.39 is 11.9 Å². The predicted octanol–water partition coefficient (Wildman–Crippen LogP) is 2.89. The van der Waals surface area contributed by atoms with E-state index in [1.807, 2.05) is 0 Å². The van der Waals surface area contributed by atoms with Gasteiger partial charge in [-0.25, -0.2) is 4.79 Å². The lowest BCUT2D eigenvalue weighted by molar-refractivity contribution is -0.117. The molecule has 1 amide bonds. The number of fused-ring (bicyclic) bond motifs is 1. The van der Waals surface area contributed by atoms with Crippen molar-refractivity contribution in [3.8, 4) is 5.75 Å². The standard InChI is InChI=1S/C23H21N5O3S/c24-20(29)12-18-17-7-3-15(21(25)26)11-14(17)4-8-19(18)31-22(30)13-1-5-16(6-2-13)28-23-27-9-10-32-23/h1-8,11H,9-10,12H2,(H2,24,29)(H3,25,26)(H,27,28). The molecule has 0 saturated carbocycles. The van der Waals surface area contributed by atoms with Gasteiger partial charge in [-0.2, -0.15) is 0 Å². The zero-order valence-electron chi connectivity index (χ0n) is 17.1. The van der Waals surface area contributed by atoms with E-state index in [1.165, 1.54) is 0 Å². The number of primary amides is 1. The summed E-state index contributed by atoms with van der Waals surface area (Å²) in [5.74, 6) is 0.0664. The van der Waals surface area contributed by atoms with Gasteiger partial charge in [-0.3, -0.25) is 15.2 Å². The highest BCUT2D eigenvalue weighted by atomic mass is 32.2. The number of hydrogen-bond donors (Lipinski definition) is 4. The van der Waals surface area contributed by atoms with Crippen molar-refractivity contribution in [1.29, 1.82) is 5.41 Å². The van der Waals surface area contributed by atoms with Gasteiger partial charge in [0.2, 0.25) is 5.91 Å². The third kappa shape index (κ3) is 4.73. The molecule has 0 unspecified atom stereocenters. The number of nitrogens with zero attached hydrogens (tertiary/aromatic N) is 1. The van der Waals surface area contributed by atoms with Gasteiger partial charge in [0, 0.05) is 22.6 Å². The van der Waals surface area contributed by atoms with E-state index >= 15 is 0 Å². The fourth-order valence-corrected chi connectivity index (χ4v) is 4.13. The number of anilines is 1. The monoisotopic (exact) mass is 447 g/mol. The van der Waals surface area contributed by atoms with Gasteiger partial charge in [-0.05, 0) is 47.2 Å². The Bertz CT molecular complexity index is 1250. The van der Waals surface area contributed by atoms with Crippen LogP contribution in [0, 0.1) is 5.41 Å². The SMILES string of the molecule is N=C(N)c1ccc2c(CC(N)=O)c(OC(=O)c3ccc(NC4=NCCS4)cc3)ccc2c1. The fourth-order valence-electron chi connectivity index (χ4n) is 3.38. The van der Waals surface area contributed by atoms with Crippen molar-refractivity contribution in [2.75, 3.05) is 17.6 Å². The summed E-state index contributed by atoms with van der Waals surface area (Å²) in [7, 11) is 0. The minimum absolute atomic E-state index is 0.0598. The molecule has 1 aliphatic heterocycles. The van der Waals surface area contributed by atoms with Crippen molar-refractivity contribution in [1.82, 2.24) is 0 Å². The van der Waals surface area contributed by atoms with Crippen LogP contribution >= 0.6 is 11.8 Å². The molecule has 9 heteroatoms. The number of hydrogen-bond acceptors (Lipinski definition) is 7. The normalized spacial score (nSPS) is 12.9. The number of nitrogens with one attached hydrogen (secondary N) is 2. The van der Waals surface area contributed by atoms with Gasteiger partial charge in [-0.1, -0.05) is 30.0 Å². The summed E-state index contributed by atoms with van der Waals surface area (Å²) in [5.41, 5.74) is 13.3. The Morgan fingerprint density at radius 2 is 1.81 bits per heavy atom. The highest BCUT2D eigenvalue weighted by molar-refractivity contribution is 8.14. The minimum Gasteiger partial charge on any atom is -0.423 e. The Morgan fingerprint density at radius 1 is 1.06 bits per heavy atom. The molecule has 3 aromatic carbocycles. The molecule has 0 aromatic heterocycles. The number of nitrogen functional groups attached to an aromatic ring is 1. The van der Waals surface area contributed by atoms with E-state index in [4.69, 9.17) is 21.6 Å². The van der Waals surface area contributed by atoms with Crippen LogP contribution in [0.3, 0.4) is 0 Å². The molecule has 32 heavy (non-hydrogen) atoms. The van der Waals surface area contributed by atoms with Gasteiger partial charge in [0.15, 0.2) is 5.17 Å². The zero-order chi connectivity index (χ0) is 22.7. The first-order chi connectivity index (χ1) is 15.4. The number of benzene rings is 3. The number of thioether (sulfide) groups is 1. The third-order valence-corrected chi connectivity index (χ3v) is 5.80. The highest BCUT2D eigenvalue weighted by Crippen LogP contribution is 2.30. The van der Waals surface area contributed by atoms with Gasteiger partial charge >= 0.3 is 5.97 Å². The molecule has 6 N–H and O–H groups in total. The fraction of sp³-hybridized carbons (Fsp3) is 0.130. The maximum Gasteiger partial charge on any atom is 0.343 e. The molecule has 0 fully saturated rings. The van der Waals surface area contributed by atoms with Crippen LogP contribution in [0.4, 0.5) is 5.69 Å². The van der Waals surface area contributed by atoms with Crippen molar-refractivity contribution < 1.29 is 14.3 Å². The first-order valence-electron chi connectivity index (χ1n) is 9.85. The Morgan fingerprint density at radius 3 is 2.47 bits per heavy atom. The first kappa shape index (κ1) is 21.4. The molecule has 0 aliphatic carbocycles. The lowest BCUT2D eigenvalue weighted by Crippen LogP contribution is -2.16. The Kier molecular flexibility index (Phi) is 6.09. The number of rotatable bonds is 6. The molecule has 0 radical (unpaired) electrons. The van der Waals surface area contributed by atoms with Crippen LogP contribution in [0.15, 0.2) is 59.6 Å². The van der Waals surface area contributed by atoms with Crippen molar-refractivity contribution in [2.24, 2.45) is 16.5 Å². The summed E-state index contributed by atoms with van der Waals surface area (Å²) >= 11 is 1.65. The van der Waals surface area contributed by atoms with Crippen LogP contribution in [-0.4, -0.2) is 35.2 Å². The number of amides is 1. The average Bonchev–Trinajstić information content (AvgIpc) is 3.28. The second-order valence-corrected chi connectivity index (χ2v) is 8.25. The van der Waals surface area contributed by atoms with Crippen LogP contribution in [0.2, 0.25) is 0 Å². The quantitative estimate of drug-likeness (QED) is 0.198. The number of ether oxygens (including phenoxy) is 1. The second-order valence-electron chi connectivity index (χ2n) is 7.16. The number of carbonyl (C=O) groups excluding carboxylic acids is 2. The van der Waals surface area contributed by atoms with Gasteiger partial charge in [0.1, 0.15) is 11.6 Å². The number of amidine groups is 2. The molecule has 0 spiro atoms. The minimum atomic E-state index is -0.548. The molecular weight excluding hydrogens is 426 g/mol. The highest BCUT2D eigenvalue weighted by Gasteiger charge is 2.17. The summed E-state index contributed by atoms with van der Waals surface area (Å²) in [5, 5.41) is 13.1. The van der Waals surface area contributed by atoms with Gasteiger partial charge in [0.25, 0.3) is 0 Å². The van der Waals surface area contributed by atoms with Crippen LogP contribution in [0.1, 0.15) is 21.5 Å². The van der Waals surface area contributed by atoms with Gasteiger partial charge < -0.3 is 21.5 Å². The lowest BCUT2D eigenvalue weighted by atomic mass is 9.98. The summed E-state index contributed by atoms with van der Waals surface area (Å²) < 4.78 is 5.63. The molecular formula is C23H21N5O3S. The van der Waals surface area contributed by atoms with Crippen LogP contribution in [0.5, 0.6) is 5.75 Å². The number of esters is 1. The molecule has 0 saturated heterocycles. The molecule has 0 bridgehead atoms. The summed E-state index contributed by atoms with van der Waals surface area (Å²) in [6.07, 6.45) is -0.0952. The van der Waals surface area contributed by atoms with Crippen molar-refractivity contribution in [3.63, 3.8) is 0 Å². The predicted molar refractivity (Wildman–Crippen MR) is 128 cm³/mol. The van der Waals surface area contributed by atoms with Gasteiger partial charge in [-0.15, -0.1) is 0 Å². The van der Waals surface area contributed by atoms with Crippen LogP contribution < -0.4 is 21.5 Å². The first-order valence-corrected chi connectivity index (χ1v) is 10.8. The second kappa shape index (κ2) is 9.11. The van der Waals surface area contributed by atoms with E-state index in [0.29, 0.717) is 22.1 Å². The molecule has 1 heterocycles. The number of aliphatic imine (C=N–C) groups is 1. The third-order valence-electron chi connectivity index (χ3n) is 4.91. The molecule has 4 rings (SSSR count). The van der Waals surface area contributed by atoms with Crippen molar-refractivity contribution in [2.45, 2.75) is 6.42 Å². The molecule has 162 valence electrons. The van der Waals surface area contributed by atoms with E-state index in [0.717, 1.165) is 28.5 Å². The summed E-state index contributed by atoms with van der Waals surface area (Å²) in [4.78, 5) is 28.8. The van der Waals surface area contributed by atoms with E-state index in [-0.39, 0.29) is 18.0 Å². The maximum absolute atomic E-state index is 12.8. The topological polar surface area (TPSA) is 144 Å². The largest absolute Gasteiger partial charge is 0.423 e. The Labute approximate surface area is 188 Å². The number of nitrogens with two attached hydrogens (primary N) is 2. The molecule has 3 aromatic rings. The van der Waals surface area contributed by atoms with Crippen molar-refractivity contribution in [3.05, 3.63) is 71.3 Å². The Balaban J connectivity index is 1.59. The zero-order valence-corrected chi connectivity index (χ0v) is 17.9. The smallest absolute Gasteiger partial charge is 0.343 e. The van der Waals surface area contributed by atoms with E-state index in [9.17, 15) is 9.59 Å². The van der Waals surface area contributed by atoms with E-state index in [2.05, 4.69) is 10.3 Å². The Hall–Kier alpha value is -3.85. The van der Waals surface area contributed by atoms with Gasteiger partial charge in [0.05, 0.1) is 18.5 Å².